The Morgan fingerprint density at radius 1 is 1.21 bits per heavy atom. The quantitative estimate of drug-likeness (QED) is 0.919. The van der Waals surface area contributed by atoms with Crippen molar-refractivity contribution in [3.63, 3.8) is 0 Å². The molecule has 2 aliphatic heterocycles. The van der Waals surface area contributed by atoms with Crippen LogP contribution >= 0.6 is 0 Å². The van der Waals surface area contributed by atoms with E-state index in [1.54, 1.807) is 0 Å². The van der Waals surface area contributed by atoms with Gasteiger partial charge < -0.3 is 19.7 Å². The van der Waals surface area contributed by atoms with Crippen LogP contribution in [0.1, 0.15) is 31.7 Å². The van der Waals surface area contributed by atoms with E-state index in [0.717, 1.165) is 50.4 Å². The first kappa shape index (κ1) is 15.8. The Kier molecular flexibility index (Phi) is 4.35. The molecule has 1 aliphatic carbocycles. The molecule has 0 aromatic heterocycles. The van der Waals surface area contributed by atoms with Crippen LogP contribution in [0.4, 0.5) is 0 Å². The van der Waals surface area contributed by atoms with E-state index >= 15 is 0 Å². The third-order valence-electron chi connectivity index (χ3n) is 5.32. The molecule has 1 saturated heterocycles. The first-order valence-corrected chi connectivity index (χ1v) is 9.11. The van der Waals surface area contributed by atoms with Gasteiger partial charge in [-0.25, -0.2) is 0 Å². The highest BCUT2D eigenvalue weighted by Crippen LogP contribution is 2.33. The van der Waals surface area contributed by atoms with Crippen LogP contribution in [0.3, 0.4) is 0 Å². The Morgan fingerprint density at radius 3 is 2.75 bits per heavy atom. The Balaban J connectivity index is 1.30. The van der Waals surface area contributed by atoms with Crippen LogP contribution < -0.4 is 14.8 Å². The van der Waals surface area contributed by atoms with Gasteiger partial charge >= 0.3 is 0 Å². The van der Waals surface area contributed by atoms with Crippen molar-refractivity contribution in [3.05, 3.63) is 23.8 Å². The normalized spacial score (nSPS) is 26.3. The minimum Gasteiger partial charge on any atom is -0.486 e. The SMILES string of the molecule is C[C@H]1CN(C(=O)C2CC2)CC[C@@H]1NCc1ccc2c(c1)OCCO2. The molecule has 5 nitrogen and oxygen atoms in total. The largest absolute Gasteiger partial charge is 0.486 e. The second kappa shape index (κ2) is 6.63. The van der Waals surface area contributed by atoms with Crippen molar-refractivity contribution >= 4 is 5.91 Å². The number of nitrogens with one attached hydrogen (secondary N) is 1. The number of carbonyl (C=O) groups excluding carboxylic acids is 1. The number of hydrogen-bond acceptors (Lipinski definition) is 4. The van der Waals surface area contributed by atoms with E-state index in [0.29, 0.717) is 37.0 Å². The van der Waals surface area contributed by atoms with E-state index in [1.165, 1.54) is 5.56 Å². The lowest BCUT2D eigenvalue weighted by Gasteiger charge is -2.37. The molecule has 24 heavy (non-hydrogen) atoms. The van der Waals surface area contributed by atoms with E-state index in [1.807, 2.05) is 6.07 Å². The number of carbonyl (C=O) groups is 1. The van der Waals surface area contributed by atoms with Gasteiger partial charge in [-0.1, -0.05) is 13.0 Å². The molecule has 1 amide bonds. The molecule has 1 aromatic rings. The van der Waals surface area contributed by atoms with Crippen molar-refractivity contribution in [1.82, 2.24) is 10.2 Å². The third kappa shape index (κ3) is 3.36. The zero-order chi connectivity index (χ0) is 16.5. The van der Waals surface area contributed by atoms with Crippen LogP contribution in [-0.4, -0.2) is 43.2 Å². The lowest BCUT2D eigenvalue weighted by Crippen LogP contribution is -2.50. The van der Waals surface area contributed by atoms with Crippen LogP contribution in [0.25, 0.3) is 0 Å². The summed E-state index contributed by atoms with van der Waals surface area (Å²) in [5.74, 6) is 2.88. The summed E-state index contributed by atoms with van der Waals surface area (Å²) in [5, 5.41) is 3.66. The van der Waals surface area contributed by atoms with Crippen LogP contribution in [0.5, 0.6) is 11.5 Å². The summed E-state index contributed by atoms with van der Waals surface area (Å²) in [6.07, 6.45) is 3.22. The van der Waals surface area contributed by atoms with E-state index in [4.69, 9.17) is 9.47 Å². The lowest BCUT2D eigenvalue weighted by molar-refractivity contribution is -0.134. The molecule has 0 bridgehead atoms. The zero-order valence-electron chi connectivity index (χ0n) is 14.3. The van der Waals surface area contributed by atoms with Crippen LogP contribution in [0.15, 0.2) is 18.2 Å². The maximum Gasteiger partial charge on any atom is 0.225 e. The molecule has 0 spiro atoms. The average molecular weight is 330 g/mol. The predicted molar refractivity (Wildman–Crippen MR) is 91.1 cm³/mol. The molecule has 4 rings (SSSR count). The third-order valence-corrected chi connectivity index (χ3v) is 5.32. The smallest absolute Gasteiger partial charge is 0.225 e. The number of hydrogen-bond donors (Lipinski definition) is 1. The number of amides is 1. The summed E-state index contributed by atoms with van der Waals surface area (Å²) in [7, 11) is 0. The molecule has 0 unspecified atom stereocenters. The lowest BCUT2D eigenvalue weighted by atomic mass is 9.93. The van der Waals surface area contributed by atoms with E-state index < -0.39 is 0 Å². The molecular formula is C19H26N2O3. The van der Waals surface area contributed by atoms with E-state index in [9.17, 15) is 4.79 Å². The molecule has 2 atom stereocenters. The number of piperidine rings is 1. The van der Waals surface area contributed by atoms with Gasteiger partial charge in [0.25, 0.3) is 0 Å². The topological polar surface area (TPSA) is 50.8 Å². The summed E-state index contributed by atoms with van der Waals surface area (Å²) in [4.78, 5) is 14.3. The van der Waals surface area contributed by atoms with Gasteiger partial charge in [-0.05, 0) is 42.9 Å². The number of fused-ring (bicyclic) bond motifs is 1. The summed E-state index contributed by atoms with van der Waals surface area (Å²) in [6, 6.07) is 6.61. The fourth-order valence-corrected chi connectivity index (χ4v) is 3.68. The molecule has 1 saturated carbocycles. The van der Waals surface area contributed by atoms with Crippen LogP contribution in [0, 0.1) is 11.8 Å². The van der Waals surface area contributed by atoms with Gasteiger partial charge in [0.2, 0.25) is 5.91 Å². The second-order valence-electron chi connectivity index (χ2n) is 7.29. The molecular weight excluding hydrogens is 304 g/mol. The van der Waals surface area contributed by atoms with Crippen molar-refractivity contribution in [1.29, 1.82) is 0 Å². The molecule has 1 aromatic carbocycles. The second-order valence-corrected chi connectivity index (χ2v) is 7.29. The number of rotatable bonds is 4. The molecule has 2 fully saturated rings. The molecule has 0 radical (unpaired) electrons. The number of ether oxygens (including phenoxy) is 2. The average Bonchev–Trinajstić information content (AvgIpc) is 3.45. The molecule has 1 N–H and O–H groups in total. The summed E-state index contributed by atoms with van der Waals surface area (Å²) in [6.45, 7) is 6.08. The van der Waals surface area contributed by atoms with Crippen molar-refractivity contribution in [2.75, 3.05) is 26.3 Å². The minimum absolute atomic E-state index is 0.333. The monoisotopic (exact) mass is 330 g/mol. The van der Waals surface area contributed by atoms with Gasteiger partial charge in [0, 0.05) is 31.6 Å². The van der Waals surface area contributed by atoms with Gasteiger partial charge in [0.1, 0.15) is 13.2 Å². The Bertz CT molecular complexity index is 615. The first-order chi connectivity index (χ1) is 11.7. The number of nitrogens with zero attached hydrogens (tertiary/aromatic N) is 1. The number of likely N-dealkylation sites (tertiary alicyclic amines) is 1. The molecule has 5 heteroatoms. The van der Waals surface area contributed by atoms with Crippen LogP contribution in [-0.2, 0) is 11.3 Å². The minimum atomic E-state index is 0.333. The number of benzene rings is 1. The van der Waals surface area contributed by atoms with Crippen molar-refractivity contribution in [3.8, 4) is 11.5 Å². The van der Waals surface area contributed by atoms with Gasteiger partial charge in [-0.15, -0.1) is 0 Å². The predicted octanol–water partition coefficient (Wildman–Crippen LogP) is 2.19. The maximum absolute atomic E-state index is 12.2. The van der Waals surface area contributed by atoms with E-state index in [-0.39, 0.29) is 0 Å². The summed E-state index contributed by atoms with van der Waals surface area (Å²) >= 11 is 0. The van der Waals surface area contributed by atoms with Crippen molar-refractivity contribution in [2.24, 2.45) is 11.8 Å². The summed E-state index contributed by atoms with van der Waals surface area (Å²) in [5.41, 5.74) is 1.21. The fraction of sp³-hybridized carbons (Fsp3) is 0.632. The standard InChI is InChI=1S/C19H26N2O3/c1-13-12-21(19(22)15-3-4-15)7-6-16(13)20-11-14-2-5-17-18(10-14)24-9-8-23-17/h2,5,10,13,15-16,20H,3-4,6-9,11-12H2,1H3/t13-,16-/m0/s1. The van der Waals surface area contributed by atoms with Gasteiger partial charge in [-0.3, -0.25) is 4.79 Å². The zero-order valence-corrected chi connectivity index (χ0v) is 14.3. The van der Waals surface area contributed by atoms with Gasteiger partial charge in [0.05, 0.1) is 0 Å². The molecule has 2 heterocycles. The highest BCUT2D eigenvalue weighted by molar-refractivity contribution is 5.81. The molecule has 3 aliphatic rings. The summed E-state index contributed by atoms with van der Waals surface area (Å²) < 4.78 is 11.2. The Hall–Kier alpha value is -1.75. The fourth-order valence-electron chi connectivity index (χ4n) is 3.68. The highest BCUT2D eigenvalue weighted by Gasteiger charge is 2.36. The van der Waals surface area contributed by atoms with Gasteiger partial charge in [0.15, 0.2) is 11.5 Å². The highest BCUT2D eigenvalue weighted by atomic mass is 16.6. The van der Waals surface area contributed by atoms with E-state index in [2.05, 4.69) is 29.3 Å². The van der Waals surface area contributed by atoms with Crippen LogP contribution in [0.2, 0.25) is 0 Å². The molecule has 130 valence electrons. The van der Waals surface area contributed by atoms with Crippen molar-refractivity contribution < 1.29 is 14.3 Å². The Morgan fingerprint density at radius 2 is 2.00 bits per heavy atom. The van der Waals surface area contributed by atoms with Crippen molar-refractivity contribution in [2.45, 2.75) is 38.8 Å². The van der Waals surface area contributed by atoms with Gasteiger partial charge in [-0.2, -0.15) is 0 Å². The Labute approximate surface area is 143 Å². The maximum atomic E-state index is 12.2. The first-order valence-electron chi connectivity index (χ1n) is 9.11.